The molecule has 0 aliphatic rings. The lowest BCUT2D eigenvalue weighted by molar-refractivity contribution is 0.555. The van der Waals surface area contributed by atoms with Crippen molar-refractivity contribution in [3.8, 4) is 0 Å². The van der Waals surface area contributed by atoms with Gasteiger partial charge in [0.05, 0.1) is 5.75 Å². The van der Waals surface area contributed by atoms with Gasteiger partial charge in [-0.3, -0.25) is 0 Å². The Kier molecular flexibility index (Phi) is 7.51. The first-order valence-corrected chi connectivity index (χ1v) is 8.87. The second-order valence-corrected chi connectivity index (χ2v) is 7.45. The topological polar surface area (TPSA) is 58.2 Å². The maximum absolute atomic E-state index is 11.8. The van der Waals surface area contributed by atoms with E-state index in [1.54, 1.807) is 12.1 Å². The summed E-state index contributed by atoms with van der Waals surface area (Å²) in [4.78, 5) is 0. The van der Waals surface area contributed by atoms with Crippen LogP contribution in [0.25, 0.3) is 0 Å². The molecule has 1 rings (SSSR count). The molecule has 6 heteroatoms. The van der Waals surface area contributed by atoms with E-state index in [0.29, 0.717) is 17.5 Å². The molecule has 0 aliphatic heterocycles. The van der Waals surface area contributed by atoms with E-state index in [4.69, 9.17) is 11.6 Å². The molecule has 0 saturated heterocycles. The second-order valence-electron chi connectivity index (χ2n) is 5.09. The zero-order chi connectivity index (χ0) is 15.0. The van der Waals surface area contributed by atoms with Crippen LogP contribution in [0.3, 0.4) is 0 Å². The lowest BCUT2D eigenvalue weighted by atomic mass is 10.2. The van der Waals surface area contributed by atoms with Crippen LogP contribution in [0.4, 0.5) is 0 Å². The molecule has 0 aromatic heterocycles. The van der Waals surface area contributed by atoms with Crippen LogP contribution in [0.5, 0.6) is 0 Å². The molecule has 0 fully saturated rings. The third kappa shape index (κ3) is 7.85. The fourth-order valence-corrected chi connectivity index (χ4v) is 3.05. The van der Waals surface area contributed by atoms with Gasteiger partial charge in [-0.2, -0.15) is 0 Å². The van der Waals surface area contributed by atoms with Crippen molar-refractivity contribution in [3.63, 3.8) is 0 Å². The summed E-state index contributed by atoms with van der Waals surface area (Å²) in [5, 5.41) is 3.88. The Labute approximate surface area is 127 Å². The van der Waals surface area contributed by atoms with E-state index in [1.807, 2.05) is 12.1 Å². The molecule has 0 spiro atoms. The highest BCUT2D eigenvalue weighted by Crippen LogP contribution is 2.10. The maximum atomic E-state index is 11.8. The van der Waals surface area contributed by atoms with Crippen LogP contribution in [0.15, 0.2) is 24.3 Å². The average molecular weight is 319 g/mol. The van der Waals surface area contributed by atoms with E-state index in [9.17, 15) is 8.42 Å². The van der Waals surface area contributed by atoms with Gasteiger partial charge in [-0.15, -0.1) is 0 Å². The molecule has 4 nitrogen and oxygen atoms in total. The summed E-state index contributed by atoms with van der Waals surface area (Å²) in [6.45, 7) is 5.28. The number of sulfonamides is 1. The number of benzene rings is 1. The molecule has 0 heterocycles. The van der Waals surface area contributed by atoms with Gasteiger partial charge in [-0.05, 0) is 37.1 Å². The van der Waals surface area contributed by atoms with Crippen LogP contribution < -0.4 is 10.0 Å². The lowest BCUT2D eigenvalue weighted by Crippen LogP contribution is -2.27. The zero-order valence-corrected chi connectivity index (χ0v) is 13.6. The van der Waals surface area contributed by atoms with Gasteiger partial charge >= 0.3 is 0 Å². The minimum Gasteiger partial charge on any atom is -0.315 e. The van der Waals surface area contributed by atoms with Gasteiger partial charge in [0.15, 0.2) is 0 Å². The van der Waals surface area contributed by atoms with E-state index < -0.39 is 10.0 Å². The van der Waals surface area contributed by atoms with Crippen molar-refractivity contribution >= 4 is 21.6 Å². The van der Waals surface area contributed by atoms with Gasteiger partial charge < -0.3 is 5.32 Å². The molecule has 0 unspecified atom stereocenters. The van der Waals surface area contributed by atoms with Crippen LogP contribution in [-0.4, -0.2) is 26.8 Å². The summed E-state index contributed by atoms with van der Waals surface area (Å²) >= 11 is 5.85. The predicted molar refractivity (Wildman–Crippen MR) is 84.5 cm³/mol. The van der Waals surface area contributed by atoms with Gasteiger partial charge in [0.2, 0.25) is 10.0 Å². The Bertz CT molecular complexity index is 504. The third-order valence-corrected chi connectivity index (χ3v) is 4.42. The van der Waals surface area contributed by atoms with E-state index >= 15 is 0 Å². The number of hydrogen-bond donors (Lipinski definition) is 2. The van der Waals surface area contributed by atoms with Crippen LogP contribution in [0.1, 0.15) is 32.3 Å². The van der Waals surface area contributed by atoms with Gasteiger partial charge in [0.25, 0.3) is 0 Å². The molecular weight excluding hydrogens is 296 g/mol. The van der Waals surface area contributed by atoms with Crippen molar-refractivity contribution < 1.29 is 8.42 Å². The molecule has 0 aliphatic carbocycles. The molecule has 0 radical (unpaired) electrons. The number of hydrogen-bond acceptors (Lipinski definition) is 3. The Morgan fingerprint density at radius 3 is 2.65 bits per heavy atom. The standard InChI is InChI=1S/C14H23ClN2O2S/c1-12(2)16-8-3-4-9-20(18,19)17-11-13-6-5-7-14(15)10-13/h5-7,10,12,16-17H,3-4,8-9,11H2,1-2H3. The SMILES string of the molecule is CC(C)NCCCCS(=O)(=O)NCc1cccc(Cl)c1. The van der Waals surface area contributed by atoms with E-state index in [-0.39, 0.29) is 12.3 Å². The summed E-state index contributed by atoms with van der Waals surface area (Å²) in [5.74, 6) is 0.160. The summed E-state index contributed by atoms with van der Waals surface area (Å²) in [6.07, 6.45) is 1.51. The summed E-state index contributed by atoms with van der Waals surface area (Å²) in [7, 11) is -3.21. The molecule has 114 valence electrons. The Hall–Kier alpha value is -0.620. The number of rotatable bonds is 9. The minimum atomic E-state index is -3.21. The van der Waals surface area contributed by atoms with E-state index in [0.717, 1.165) is 18.5 Å². The number of halogens is 1. The van der Waals surface area contributed by atoms with Crippen molar-refractivity contribution in [2.45, 2.75) is 39.3 Å². The number of nitrogens with one attached hydrogen (secondary N) is 2. The quantitative estimate of drug-likeness (QED) is 0.688. The summed E-state index contributed by atoms with van der Waals surface area (Å²) in [6, 6.07) is 7.62. The molecular formula is C14H23ClN2O2S. The first kappa shape index (κ1) is 17.4. The number of unbranched alkanes of at least 4 members (excludes halogenated alkanes) is 1. The largest absolute Gasteiger partial charge is 0.315 e. The van der Waals surface area contributed by atoms with Crippen molar-refractivity contribution in [2.75, 3.05) is 12.3 Å². The lowest BCUT2D eigenvalue weighted by Gasteiger charge is -2.09. The highest BCUT2D eigenvalue weighted by molar-refractivity contribution is 7.89. The van der Waals surface area contributed by atoms with Gasteiger partial charge in [0, 0.05) is 17.6 Å². The van der Waals surface area contributed by atoms with Crippen LogP contribution in [-0.2, 0) is 16.6 Å². The van der Waals surface area contributed by atoms with Crippen LogP contribution in [0.2, 0.25) is 5.02 Å². The monoisotopic (exact) mass is 318 g/mol. The average Bonchev–Trinajstić information content (AvgIpc) is 2.36. The fourth-order valence-electron chi connectivity index (χ4n) is 1.72. The molecule has 1 aromatic carbocycles. The van der Waals surface area contributed by atoms with Crippen molar-refractivity contribution in [1.29, 1.82) is 0 Å². The Morgan fingerprint density at radius 1 is 1.25 bits per heavy atom. The predicted octanol–water partition coefficient (Wildman–Crippen LogP) is 2.54. The summed E-state index contributed by atoms with van der Waals surface area (Å²) in [5.41, 5.74) is 0.863. The van der Waals surface area contributed by atoms with E-state index in [2.05, 4.69) is 23.9 Å². The zero-order valence-electron chi connectivity index (χ0n) is 12.0. The highest BCUT2D eigenvalue weighted by Gasteiger charge is 2.09. The molecule has 20 heavy (non-hydrogen) atoms. The molecule has 2 N–H and O–H groups in total. The third-order valence-electron chi connectivity index (χ3n) is 2.78. The van der Waals surface area contributed by atoms with Crippen molar-refractivity contribution in [2.24, 2.45) is 0 Å². The molecule has 0 amide bonds. The second kappa shape index (κ2) is 8.62. The Balaban J connectivity index is 2.28. The minimum absolute atomic E-state index is 0.160. The van der Waals surface area contributed by atoms with E-state index in [1.165, 1.54) is 0 Å². The van der Waals surface area contributed by atoms with Gasteiger partial charge in [-0.25, -0.2) is 13.1 Å². The van der Waals surface area contributed by atoms with Crippen molar-refractivity contribution in [1.82, 2.24) is 10.0 Å². The van der Waals surface area contributed by atoms with Crippen LogP contribution >= 0.6 is 11.6 Å². The van der Waals surface area contributed by atoms with Crippen molar-refractivity contribution in [3.05, 3.63) is 34.9 Å². The van der Waals surface area contributed by atoms with Gasteiger partial charge in [0.1, 0.15) is 0 Å². The molecule has 0 bridgehead atoms. The summed E-state index contributed by atoms with van der Waals surface area (Å²) < 4.78 is 26.2. The van der Waals surface area contributed by atoms with Crippen LogP contribution in [0, 0.1) is 0 Å². The highest BCUT2D eigenvalue weighted by atomic mass is 35.5. The molecule has 0 saturated carbocycles. The van der Waals surface area contributed by atoms with Gasteiger partial charge in [-0.1, -0.05) is 37.6 Å². The molecule has 0 atom stereocenters. The molecule has 1 aromatic rings. The first-order chi connectivity index (χ1) is 9.39. The maximum Gasteiger partial charge on any atom is 0.211 e. The Morgan fingerprint density at radius 2 is 2.00 bits per heavy atom. The normalized spacial score (nSPS) is 12.0. The fraction of sp³-hybridized carbons (Fsp3) is 0.571. The first-order valence-electron chi connectivity index (χ1n) is 6.84. The smallest absolute Gasteiger partial charge is 0.211 e.